The molecule has 0 bridgehead atoms. The van der Waals surface area contributed by atoms with Gasteiger partial charge in [-0.3, -0.25) is 9.74 Å². The van der Waals surface area contributed by atoms with Gasteiger partial charge in [-0.15, -0.1) is 0 Å². The third-order valence-electron chi connectivity index (χ3n) is 2.92. The van der Waals surface area contributed by atoms with Gasteiger partial charge in [0.05, 0.1) is 0 Å². The van der Waals surface area contributed by atoms with Gasteiger partial charge in [-0.1, -0.05) is 30.3 Å². The Morgan fingerprint density at radius 3 is 2.53 bits per heavy atom. The van der Waals surface area contributed by atoms with Gasteiger partial charge in [0, 0.05) is 19.6 Å². The third kappa shape index (κ3) is 2.20. The predicted octanol–water partition coefficient (Wildman–Crippen LogP) is 1.88. The highest BCUT2D eigenvalue weighted by atomic mass is 16.7. The summed E-state index contributed by atoms with van der Waals surface area (Å²) in [4.78, 5) is 8.09. The molecule has 2 rings (SSSR count). The molecule has 0 unspecified atom stereocenters. The molecule has 0 radical (unpaired) electrons. The molecule has 1 aromatic carbocycles. The Balaban J connectivity index is 2.16. The maximum absolute atomic E-state index is 5.86. The first-order valence-corrected chi connectivity index (χ1v) is 5.33. The summed E-state index contributed by atoms with van der Waals surface area (Å²) in [6.45, 7) is 3.19. The van der Waals surface area contributed by atoms with Gasteiger partial charge in [-0.25, -0.2) is 0 Å². The van der Waals surface area contributed by atoms with E-state index in [0.717, 1.165) is 6.54 Å². The fourth-order valence-corrected chi connectivity index (χ4v) is 1.90. The summed E-state index contributed by atoms with van der Waals surface area (Å²) in [6.07, 6.45) is 0.0485. The van der Waals surface area contributed by atoms with Crippen molar-refractivity contribution in [2.75, 3.05) is 20.6 Å². The smallest absolute Gasteiger partial charge is 0.157 e. The Morgan fingerprint density at radius 2 is 1.87 bits per heavy atom. The predicted molar refractivity (Wildman–Crippen MR) is 60.1 cm³/mol. The van der Waals surface area contributed by atoms with Crippen LogP contribution in [0.15, 0.2) is 30.3 Å². The lowest BCUT2D eigenvalue weighted by atomic mass is 10.1. The van der Waals surface area contributed by atoms with Gasteiger partial charge in [-0.05, 0) is 19.5 Å². The SMILES string of the molecule is C[C@H]1CN(C)[C@H](c2ccccc2)ON1C. The fraction of sp³-hybridized carbons (Fsp3) is 0.500. The molecule has 0 N–H and O–H groups in total. The van der Waals surface area contributed by atoms with E-state index in [4.69, 9.17) is 4.84 Å². The van der Waals surface area contributed by atoms with E-state index in [-0.39, 0.29) is 6.23 Å². The van der Waals surface area contributed by atoms with Crippen LogP contribution in [0.25, 0.3) is 0 Å². The van der Waals surface area contributed by atoms with E-state index in [1.807, 2.05) is 30.3 Å². The van der Waals surface area contributed by atoms with Crippen molar-refractivity contribution in [1.82, 2.24) is 9.96 Å². The van der Waals surface area contributed by atoms with Crippen LogP contribution in [0, 0.1) is 0 Å². The molecular formula is C12H18N2O. The second-order valence-corrected chi connectivity index (χ2v) is 4.20. The van der Waals surface area contributed by atoms with Crippen molar-refractivity contribution in [3.05, 3.63) is 35.9 Å². The van der Waals surface area contributed by atoms with E-state index in [2.05, 4.69) is 31.0 Å². The van der Waals surface area contributed by atoms with Crippen LogP contribution in [0.3, 0.4) is 0 Å². The van der Waals surface area contributed by atoms with E-state index in [0.29, 0.717) is 6.04 Å². The molecule has 0 saturated carbocycles. The zero-order valence-corrected chi connectivity index (χ0v) is 9.55. The fourth-order valence-electron chi connectivity index (χ4n) is 1.90. The van der Waals surface area contributed by atoms with Gasteiger partial charge in [0.25, 0.3) is 0 Å². The molecule has 0 amide bonds. The third-order valence-corrected chi connectivity index (χ3v) is 2.92. The standard InChI is InChI=1S/C12H18N2O/c1-10-9-13(2)12(15-14(10)3)11-7-5-4-6-8-11/h4-8,10,12H,9H2,1-3H3/t10-,12-/m0/s1. The quantitative estimate of drug-likeness (QED) is 0.698. The average Bonchev–Trinajstić information content (AvgIpc) is 2.25. The number of hydroxylamine groups is 2. The first-order valence-electron chi connectivity index (χ1n) is 5.33. The second kappa shape index (κ2) is 4.31. The van der Waals surface area contributed by atoms with Crippen LogP contribution in [0.5, 0.6) is 0 Å². The molecule has 2 atom stereocenters. The van der Waals surface area contributed by atoms with Gasteiger partial charge >= 0.3 is 0 Å². The summed E-state index contributed by atoms with van der Waals surface area (Å²) in [5.74, 6) is 0. The van der Waals surface area contributed by atoms with Gasteiger partial charge in [-0.2, -0.15) is 5.06 Å². The van der Waals surface area contributed by atoms with Gasteiger partial charge in [0.1, 0.15) is 0 Å². The number of likely N-dealkylation sites (N-methyl/N-ethyl adjacent to an activating group) is 2. The summed E-state index contributed by atoms with van der Waals surface area (Å²) in [5, 5.41) is 1.94. The van der Waals surface area contributed by atoms with Crippen molar-refractivity contribution in [3.63, 3.8) is 0 Å². The molecule has 1 aromatic rings. The number of hydrogen-bond donors (Lipinski definition) is 0. The lowest BCUT2D eigenvalue weighted by Crippen LogP contribution is -2.48. The highest BCUT2D eigenvalue weighted by Crippen LogP contribution is 2.26. The number of hydrogen-bond acceptors (Lipinski definition) is 3. The van der Waals surface area contributed by atoms with Crippen LogP contribution >= 0.6 is 0 Å². The topological polar surface area (TPSA) is 15.7 Å². The van der Waals surface area contributed by atoms with Crippen LogP contribution in [0.2, 0.25) is 0 Å². The highest BCUT2D eigenvalue weighted by Gasteiger charge is 2.28. The van der Waals surface area contributed by atoms with Crippen molar-refractivity contribution in [3.8, 4) is 0 Å². The zero-order chi connectivity index (χ0) is 10.8. The monoisotopic (exact) mass is 206 g/mol. The summed E-state index contributed by atoms with van der Waals surface area (Å²) in [7, 11) is 4.09. The van der Waals surface area contributed by atoms with E-state index in [1.165, 1.54) is 5.56 Å². The maximum Gasteiger partial charge on any atom is 0.157 e. The molecule has 3 heteroatoms. The first-order chi connectivity index (χ1) is 7.18. The van der Waals surface area contributed by atoms with E-state index in [1.54, 1.807) is 0 Å². The Hall–Kier alpha value is -0.900. The van der Waals surface area contributed by atoms with Gasteiger partial charge in [0.2, 0.25) is 0 Å². The van der Waals surface area contributed by atoms with Gasteiger partial charge in [0.15, 0.2) is 6.23 Å². The summed E-state index contributed by atoms with van der Waals surface area (Å²) in [6, 6.07) is 10.8. The minimum atomic E-state index is 0.0485. The lowest BCUT2D eigenvalue weighted by Gasteiger charge is -2.41. The minimum absolute atomic E-state index is 0.0485. The molecule has 82 valence electrons. The second-order valence-electron chi connectivity index (χ2n) is 4.20. The molecule has 0 spiro atoms. The summed E-state index contributed by atoms with van der Waals surface area (Å²) in [5.41, 5.74) is 1.21. The van der Waals surface area contributed by atoms with Gasteiger partial charge < -0.3 is 0 Å². The minimum Gasteiger partial charge on any atom is -0.275 e. The largest absolute Gasteiger partial charge is 0.275 e. The van der Waals surface area contributed by atoms with Crippen molar-refractivity contribution in [2.24, 2.45) is 0 Å². The van der Waals surface area contributed by atoms with Crippen molar-refractivity contribution in [2.45, 2.75) is 19.2 Å². The van der Waals surface area contributed by atoms with E-state index < -0.39 is 0 Å². The van der Waals surface area contributed by atoms with E-state index in [9.17, 15) is 0 Å². The Bertz CT molecular complexity index is 315. The van der Waals surface area contributed by atoms with Crippen LogP contribution < -0.4 is 0 Å². The Kier molecular flexibility index (Phi) is 3.05. The molecule has 1 fully saturated rings. The van der Waals surface area contributed by atoms with Crippen molar-refractivity contribution >= 4 is 0 Å². The molecule has 15 heavy (non-hydrogen) atoms. The van der Waals surface area contributed by atoms with Crippen LogP contribution in [0.4, 0.5) is 0 Å². The average molecular weight is 206 g/mol. The highest BCUT2D eigenvalue weighted by molar-refractivity contribution is 5.17. The summed E-state index contributed by atoms with van der Waals surface area (Å²) >= 11 is 0. The molecule has 1 heterocycles. The first kappa shape index (κ1) is 10.6. The van der Waals surface area contributed by atoms with Crippen molar-refractivity contribution < 1.29 is 4.84 Å². The maximum atomic E-state index is 5.86. The molecule has 1 saturated heterocycles. The molecule has 0 aliphatic carbocycles. The van der Waals surface area contributed by atoms with Crippen molar-refractivity contribution in [1.29, 1.82) is 0 Å². The number of rotatable bonds is 1. The summed E-state index contributed by atoms with van der Waals surface area (Å²) < 4.78 is 0. The molecule has 0 aromatic heterocycles. The van der Waals surface area contributed by atoms with Crippen LogP contribution in [-0.4, -0.2) is 36.6 Å². The Labute approximate surface area is 91.2 Å². The van der Waals surface area contributed by atoms with Crippen LogP contribution in [-0.2, 0) is 4.84 Å². The van der Waals surface area contributed by atoms with E-state index >= 15 is 0 Å². The molecule has 1 aliphatic rings. The molecular weight excluding hydrogens is 188 g/mol. The number of benzene rings is 1. The van der Waals surface area contributed by atoms with Crippen LogP contribution in [0.1, 0.15) is 18.7 Å². The molecule has 3 nitrogen and oxygen atoms in total. The Morgan fingerprint density at radius 1 is 1.20 bits per heavy atom. The zero-order valence-electron chi connectivity index (χ0n) is 9.55. The number of nitrogens with zero attached hydrogens (tertiary/aromatic N) is 2. The normalized spacial score (nSPS) is 29.3. The molecule has 1 aliphatic heterocycles. The lowest BCUT2D eigenvalue weighted by molar-refractivity contribution is -0.280.